The molecule has 1 aromatic carbocycles. The zero-order chi connectivity index (χ0) is 13.7. The average Bonchev–Trinajstić information content (AvgIpc) is 2.93. The fourth-order valence-electron chi connectivity index (χ4n) is 2.07. The average molecular weight is 293 g/mol. The van der Waals surface area contributed by atoms with Gasteiger partial charge < -0.3 is 10.1 Å². The van der Waals surface area contributed by atoms with Gasteiger partial charge in [0.15, 0.2) is 0 Å². The Bertz CT molecular complexity index is 481. The van der Waals surface area contributed by atoms with Crippen molar-refractivity contribution in [3.05, 3.63) is 47.3 Å². The van der Waals surface area contributed by atoms with Gasteiger partial charge in [-0.1, -0.05) is 25.1 Å². The second kappa shape index (κ2) is 6.98. The first-order valence-corrected chi connectivity index (χ1v) is 8.02. The third kappa shape index (κ3) is 3.75. The van der Waals surface area contributed by atoms with Crippen LogP contribution in [0.25, 0.3) is 0 Å². The van der Waals surface area contributed by atoms with Gasteiger partial charge in [-0.2, -0.15) is 0 Å². The van der Waals surface area contributed by atoms with Crippen molar-refractivity contribution in [1.29, 1.82) is 0 Å². The lowest BCUT2D eigenvalue weighted by Crippen LogP contribution is -2.25. The molecule has 4 heteroatoms. The van der Waals surface area contributed by atoms with Crippen LogP contribution in [0, 0.1) is 0 Å². The van der Waals surface area contributed by atoms with Gasteiger partial charge in [-0.3, -0.25) is 0 Å². The van der Waals surface area contributed by atoms with Gasteiger partial charge in [0.1, 0.15) is 5.75 Å². The van der Waals surface area contributed by atoms with Crippen LogP contribution in [0.5, 0.6) is 5.75 Å². The maximum atomic E-state index is 5.20. The van der Waals surface area contributed by atoms with E-state index in [2.05, 4.69) is 41.9 Å². The summed E-state index contributed by atoms with van der Waals surface area (Å²) in [6.07, 6.45) is 0. The Balaban J connectivity index is 2.09. The molecule has 0 aliphatic rings. The molecule has 0 saturated heterocycles. The molecular weight excluding hydrogens is 274 g/mol. The molecule has 1 aromatic heterocycles. The lowest BCUT2D eigenvalue weighted by Gasteiger charge is -2.23. The van der Waals surface area contributed by atoms with Crippen LogP contribution in [0.4, 0.5) is 0 Å². The first-order valence-electron chi connectivity index (χ1n) is 6.26. The number of methoxy groups -OCH3 is 1. The van der Waals surface area contributed by atoms with Crippen LogP contribution >= 0.6 is 23.1 Å². The number of ether oxygens (including phenoxy) is 1. The van der Waals surface area contributed by atoms with E-state index >= 15 is 0 Å². The second-order valence-corrected chi connectivity index (χ2v) is 6.92. The van der Waals surface area contributed by atoms with Crippen molar-refractivity contribution in [3.63, 3.8) is 0 Å². The number of rotatable bonds is 6. The molecule has 2 aromatic rings. The molecule has 0 aliphatic heterocycles. The summed E-state index contributed by atoms with van der Waals surface area (Å²) in [6.45, 7) is 2.26. The number of thioether (sulfide) groups is 1. The summed E-state index contributed by atoms with van der Waals surface area (Å²) in [6, 6.07) is 12.9. The quantitative estimate of drug-likeness (QED) is 0.807. The number of hydrogen-bond acceptors (Lipinski definition) is 4. The van der Waals surface area contributed by atoms with Crippen molar-refractivity contribution in [1.82, 2.24) is 5.32 Å². The van der Waals surface area contributed by atoms with Crippen molar-refractivity contribution >= 4 is 23.1 Å². The molecule has 2 rings (SSSR count). The largest absolute Gasteiger partial charge is 0.497 e. The van der Waals surface area contributed by atoms with Crippen molar-refractivity contribution < 1.29 is 4.74 Å². The number of hydrogen-bond donors (Lipinski definition) is 1. The molecule has 0 amide bonds. The van der Waals surface area contributed by atoms with Crippen LogP contribution in [-0.2, 0) is 0 Å². The normalized spacial score (nSPS) is 14.1. The summed E-state index contributed by atoms with van der Waals surface area (Å²) < 4.78 is 6.57. The Morgan fingerprint density at radius 1 is 1.21 bits per heavy atom. The van der Waals surface area contributed by atoms with Crippen LogP contribution in [0.1, 0.15) is 18.5 Å². The highest BCUT2D eigenvalue weighted by Crippen LogP contribution is 2.34. The molecule has 19 heavy (non-hydrogen) atoms. The predicted molar refractivity (Wildman–Crippen MR) is 84.4 cm³/mol. The minimum absolute atomic E-state index is 0.331. The van der Waals surface area contributed by atoms with E-state index in [-0.39, 0.29) is 0 Å². The standard InChI is InChI=1S/C15H19NOS2/c1-11(19-14-5-4-10-18-14)15(16-2)12-6-8-13(17-3)9-7-12/h4-11,15-16H,1-3H3. The maximum absolute atomic E-state index is 5.20. The zero-order valence-electron chi connectivity index (χ0n) is 11.4. The smallest absolute Gasteiger partial charge is 0.118 e. The van der Waals surface area contributed by atoms with Crippen molar-refractivity contribution in [2.75, 3.05) is 14.2 Å². The van der Waals surface area contributed by atoms with E-state index in [1.165, 1.54) is 9.77 Å². The zero-order valence-corrected chi connectivity index (χ0v) is 13.1. The third-order valence-electron chi connectivity index (χ3n) is 3.05. The van der Waals surface area contributed by atoms with Gasteiger partial charge in [0.05, 0.1) is 11.3 Å². The fourth-order valence-corrected chi connectivity index (χ4v) is 4.31. The summed E-state index contributed by atoms with van der Waals surface area (Å²) in [5, 5.41) is 6.00. The van der Waals surface area contributed by atoms with Gasteiger partial charge in [-0.25, -0.2) is 0 Å². The molecule has 2 atom stereocenters. The van der Waals surface area contributed by atoms with E-state index in [0.717, 1.165) is 5.75 Å². The van der Waals surface area contributed by atoms with Gasteiger partial charge >= 0.3 is 0 Å². The van der Waals surface area contributed by atoms with E-state index in [1.807, 2.05) is 30.9 Å². The van der Waals surface area contributed by atoms with E-state index < -0.39 is 0 Å². The SMILES string of the molecule is CNC(c1ccc(OC)cc1)C(C)Sc1cccs1. The summed E-state index contributed by atoms with van der Waals surface area (Å²) in [5.41, 5.74) is 1.29. The molecule has 1 N–H and O–H groups in total. The molecule has 0 spiro atoms. The van der Waals surface area contributed by atoms with Gasteiger partial charge in [0, 0.05) is 11.3 Å². The van der Waals surface area contributed by atoms with E-state index in [0.29, 0.717) is 11.3 Å². The Hall–Kier alpha value is -0.970. The van der Waals surface area contributed by atoms with E-state index in [9.17, 15) is 0 Å². The molecule has 0 bridgehead atoms. The number of benzene rings is 1. The van der Waals surface area contributed by atoms with E-state index in [4.69, 9.17) is 4.74 Å². The first kappa shape index (κ1) is 14.4. The highest BCUT2D eigenvalue weighted by molar-refractivity contribution is 8.01. The van der Waals surface area contributed by atoms with Gasteiger partial charge in [-0.05, 0) is 36.2 Å². The van der Waals surface area contributed by atoms with Gasteiger partial charge in [0.25, 0.3) is 0 Å². The molecule has 1 heterocycles. The summed E-state index contributed by atoms with van der Waals surface area (Å²) in [4.78, 5) is 0. The van der Waals surface area contributed by atoms with Crippen molar-refractivity contribution in [3.8, 4) is 5.75 Å². The summed E-state index contributed by atoms with van der Waals surface area (Å²) in [7, 11) is 3.71. The molecule has 0 saturated carbocycles. The van der Waals surface area contributed by atoms with E-state index in [1.54, 1.807) is 18.4 Å². The highest BCUT2D eigenvalue weighted by atomic mass is 32.2. The molecule has 0 radical (unpaired) electrons. The van der Waals surface area contributed by atoms with Gasteiger partial charge in [-0.15, -0.1) is 23.1 Å². The molecule has 0 aliphatic carbocycles. The topological polar surface area (TPSA) is 21.3 Å². The van der Waals surface area contributed by atoms with Crippen LogP contribution in [-0.4, -0.2) is 19.4 Å². The van der Waals surface area contributed by atoms with Crippen molar-refractivity contribution in [2.45, 2.75) is 22.4 Å². The van der Waals surface area contributed by atoms with Crippen LogP contribution in [0.15, 0.2) is 46.0 Å². The number of nitrogens with one attached hydrogen (secondary N) is 1. The summed E-state index contributed by atoms with van der Waals surface area (Å²) >= 11 is 3.71. The fraction of sp³-hybridized carbons (Fsp3) is 0.333. The monoisotopic (exact) mass is 293 g/mol. The van der Waals surface area contributed by atoms with Crippen LogP contribution in [0.2, 0.25) is 0 Å². The first-order chi connectivity index (χ1) is 9.24. The lowest BCUT2D eigenvalue weighted by atomic mass is 10.0. The molecule has 2 unspecified atom stereocenters. The molecule has 2 nitrogen and oxygen atoms in total. The number of thiophene rings is 1. The predicted octanol–water partition coefficient (Wildman–Crippen LogP) is 4.20. The van der Waals surface area contributed by atoms with Crippen LogP contribution < -0.4 is 10.1 Å². The van der Waals surface area contributed by atoms with Crippen LogP contribution in [0.3, 0.4) is 0 Å². The highest BCUT2D eigenvalue weighted by Gasteiger charge is 2.19. The Labute approximate surface area is 123 Å². The lowest BCUT2D eigenvalue weighted by molar-refractivity contribution is 0.414. The minimum Gasteiger partial charge on any atom is -0.497 e. The molecule has 102 valence electrons. The Morgan fingerprint density at radius 2 is 1.95 bits per heavy atom. The molecular formula is C15H19NOS2. The second-order valence-electron chi connectivity index (χ2n) is 4.29. The minimum atomic E-state index is 0.331. The summed E-state index contributed by atoms with van der Waals surface area (Å²) in [5.74, 6) is 0.900. The Kier molecular flexibility index (Phi) is 5.31. The Morgan fingerprint density at radius 3 is 2.47 bits per heavy atom. The third-order valence-corrected chi connectivity index (χ3v) is 5.30. The molecule has 0 fully saturated rings. The maximum Gasteiger partial charge on any atom is 0.118 e. The van der Waals surface area contributed by atoms with Gasteiger partial charge in [0.2, 0.25) is 0 Å². The van der Waals surface area contributed by atoms with Crippen molar-refractivity contribution in [2.24, 2.45) is 0 Å².